The van der Waals surface area contributed by atoms with E-state index in [1.165, 1.54) is 0 Å². The maximum atomic E-state index is 3.59. The maximum Gasteiger partial charge on any atom is 0.0447 e. The first-order valence-corrected chi connectivity index (χ1v) is 3.14. The molecular weight excluding hydrogens is 154 g/mol. The Bertz CT molecular complexity index is 54.0. The highest BCUT2D eigenvalue weighted by Crippen LogP contribution is 1.95. The van der Waals surface area contributed by atoms with Crippen LogP contribution in [0, 0.1) is 0 Å². The zero-order valence-electron chi connectivity index (χ0n) is 4.45. The van der Waals surface area contributed by atoms with Crippen molar-refractivity contribution >= 4 is 15.9 Å². The van der Waals surface area contributed by atoms with Gasteiger partial charge in [-0.3, -0.25) is 0 Å². The second kappa shape index (κ2) is 4.34. The molecule has 0 aromatic rings. The Balaban J connectivity index is 2.98. The van der Waals surface area contributed by atoms with Crippen LogP contribution in [0.15, 0.2) is 12.7 Å². The lowest BCUT2D eigenvalue weighted by Crippen LogP contribution is -2.15. The van der Waals surface area contributed by atoms with E-state index in [1.807, 2.05) is 13.1 Å². The Morgan fingerprint density at radius 2 is 2.57 bits per heavy atom. The summed E-state index contributed by atoms with van der Waals surface area (Å²) in [5, 5.41) is 3.00. The second-order valence-electron chi connectivity index (χ2n) is 1.31. The standard InChI is InChI=1S/C5H10BrN/c1-3-5(6)4-7-2/h3,5,7H,1,4H2,2H3. The van der Waals surface area contributed by atoms with E-state index >= 15 is 0 Å². The van der Waals surface area contributed by atoms with Gasteiger partial charge in [-0.15, -0.1) is 6.58 Å². The number of alkyl halides is 1. The number of rotatable bonds is 3. The zero-order chi connectivity index (χ0) is 5.70. The van der Waals surface area contributed by atoms with E-state index in [1.54, 1.807) is 0 Å². The van der Waals surface area contributed by atoms with Crippen LogP contribution in [0.3, 0.4) is 0 Å². The van der Waals surface area contributed by atoms with Crippen molar-refractivity contribution in [3.05, 3.63) is 12.7 Å². The van der Waals surface area contributed by atoms with E-state index in [2.05, 4.69) is 27.8 Å². The molecule has 0 aromatic heterocycles. The molecule has 0 saturated carbocycles. The maximum absolute atomic E-state index is 3.59. The Morgan fingerprint density at radius 3 is 2.71 bits per heavy atom. The van der Waals surface area contributed by atoms with E-state index in [4.69, 9.17) is 0 Å². The van der Waals surface area contributed by atoms with Gasteiger partial charge in [-0.2, -0.15) is 0 Å². The van der Waals surface area contributed by atoms with Crippen molar-refractivity contribution in [2.24, 2.45) is 0 Å². The van der Waals surface area contributed by atoms with E-state index in [9.17, 15) is 0 Å². The van der Waals surface area contributed by atoms with Crippen molar-refractivity contribution in [1.29, 1.82) is 0 Å². The van der Waals surface area contributed by atoms with Crippen LogP contribution < -0.4 is 5.32 Å². The van der Waals surface area contributed by atoms with Crippen LogP contribution >= 0.6 is 15.9 Å². The average molecular weight is 164 g/mol. The molecule has 0 amide bonds. The fourth-order valence-electron chi connectivity index (χ4n) is 0.278. The first-order chi connectivity index (χ1) is 3.31. The molecule has 0 aliphatic rings. The fourth-order valence-corrected chi connectivity index (χ4v) is 0.602. The molecule has 7 heavy (non-hydrogen) atoms. The Hall–Kier alpha value is 0.180. The molecule has 0 spiro atoms. The van der Waals surface area contributed by atoms with Crippen molar-refractivity contribution < 1.29 is 0 Å². The highest BCUT2D eigenvalue weighted by Gasteiger charge is 1.90. The summed E-state index contributed by atoms with van der Waals surface area (Å²) in [6.45, 7) is 4.54. The Kier molecular flexibility index (Phi) is 4.45. The molecular formula is C5H10BrN. The quantitative estimate of drug-likeness (QED) is 0.487. The number of nitrogens with one attached hydrogen (secondary N) is 1. The molecule has 0 radical (unpaired) electrons. The van der Waals surface area contributed by atoms with Gasteiger partial charge < -0.3 is 5.32 Å². The summed E-state index contributed by atoms with van der Waals surface area (Å²) in [6, 6.07) is 0. The smallest absolute Gasteiger partial charge is 0.0447 e. The number of hydrogen-bond donors (Lipinski definition) is 1. The zero-order valence-corrected chi connectivity index (χ0v) is 6.03. The monoisotopic (exact) mass is 163 g/mol. The molecule has 1 nitrogen and oxygen atoms in total. The minimum absolute atomic E-state index is 0.414. The molecule has 0 rings (SSSR count). The predicted octanol–water partition coefficient (Wildman–Crippen LogP) is 1.16. The van der Waals surface area contributed by atoms with Gasteiger partial charge in [0.25, 0.3) is 0 Å². The summed E-state index contributed by atoms with van der Waals surface area (Å²) in [5.74, 6) is 0. The lowest BCUT2D eigenvalue weighted by molar-refractivity contribution is 0.825. The van der Waals surface area contributed by atoms with Gasteiger partial charge in [0.15, 0.2) is 0 Å². The number of hydrogen-bond acceptors (Lipinski definition) is 1. The molecule has 2 heteroatoms. The fraction of sp³-hybridized carbons (Fsp3) is 0.600. The third-order valence-corrected chi connectivity index (χ3v) is 1.35. The van der Waals surface area contributed by atoms with Gasteiger partial charge in [0.1, 0.15) is 0 Å². The van der Waals surface area contributed by atoms with Gasteiger partial charge in [-0.25, -0.2) is 0 Å². The average Bonchev–Trinajstić information content (AvgIpc) is 1.68. The Labute approximate surface area is 52.9 Å². The van der Waals surface area contributed by atoms with Gasteiger partial charge in [0, 0.05) is 11.4 Å². The highest BCUT2D eigenvalue weighted by atomic mass is 79.9. The molecule has 0 heterocycles. The van der Waals surface area contributed by atoms with E-state index < -0.39 is 0 Å². The topological polar surface area (TPSA) is 12.0 Å². The molecule has 42 valence electrons. The third kappa shape index (κ3) is 4.02. The molecule has 1 N–H and O–H groups in total. The van der Waals surface area contributed by atoms with Gasteiger partial charge in [0.2, 0.25) is 0 Å². The van der Waals surface area contributed by atoms with Crippen molar-refractivity contribution in [2.75, 3.05) is 13.6 Å². The van der Waals surface area contributed by atoms with Crippen LogP contribution in [0.5, 0.6) is 0 Å². The van der Waals surface area contributed by atoms with Crippen LogP contribution in [-0.2, 0) is 0 Å². The van der Waals surface area contributed by atoms with E-state index in [0.717, 1.165) is 6.54 Å². The van der Waals surface area contributed by atoms with Crippen LogP contribution in [-0.4, -0.2) is 18.4 Å². The largest absolute Gasteiger partial charge is 0.318 e. The first-order valence-electron chi connectivity index (χ1n) is 2.22. The van der Waals surface area contributed by atoms with E-state index in [0.29, 0.717) is 4.83 Å². The predicted molar refractivity (Wildman–Crippen MR) is 36.8 cm³/mol. The molecule has 0 aromatic carbocycles. The molecule has 1 unspecified atom stereocenters. The van der Waals surface area contributed by atoms with Gasteiger partial charge in [-0.1, -0.05) is 22.0 Å². The first kappa shape index (κ1) is 7.18. The summed E-state index contributed by atoms with van der Waals surface area (Å²) >= 11 is 3.36. The van der Waals surface area contributed by atoms with Crippen LogP contribution in [0.1, 0.15) is 0 Å². The lowest BCUT2D eigenvalue weighted by atomic mass is 10.4. The van der Waals surface area contributed by atoms with Gasteiger partial charge >= 0.3 is 0 Å². The molecule has 0 bridgehead atoms. The second-order valence-corrected chi connectivity index (χ2v) is 2.49. The molecule has 0 fully saturated rings. The van der Waals surface area contributed by atoms with Gasteiger partial charge in [0.05, 0.1) is 0 Å². The van der Waals surface area contributed by atoms with Gasteiger partial charge in [-0.05, 0) is 7.05 Å². The van der Waals surface area contributed by atoms with Crippen LogP contribution in [0.4, 0.5) is 0 Å². The molecule has 1 atom stereocenters. The normalized spacial score (nSPS) is 13.4. The summed E-state index contributed by atoms with van der Waals surface area (Å²) in [6.07, 6.45) is 1.86. The van der Waals surface area contributed by atoms with Crippen molar-refractivity contribution in [1.82, 2.24) is 5.32 Å². The summed E-state index contributed by atoms with van der Waals surface area (Å²) in [5.41, 5.74) is 0. The van der Waals surface area contributed by atoms with Crippen LogP contribution in [0.2, 0.25) is 0 Å². The minimum atomic E-state index is 0.414. The SMILES string of the molecule is C=CC(Br)CNC. The van der Waals surface area contributed by atoms with Crippen LogP contribution in [0.25, 0.3) is 0 Å². The summed E-state index contributed by atoms with van der Waals surface area (Å²) in [7, 11) is 1.91. The lowest BCUT2D eigenvalue weighted by Gasteiger charge is -1.98. The molecule has 0 aliphatic carbocycles. The minimum Gasteiger partial charge on any atom is -0.318 e. The Morgan fingerprint density at radius 1 is 2.00 bits per heavy atom. The summed E-state index contributed by atoms with van der Waals surface area (Å²) in [4.78, 5) is 0.414. The highest BCUT2D eigenvalue weighted by molar-refractivity contribution is 9.09. The number of halogens is 1. The van der Waals surface area contributed by atoms with Crippen molar-refractivity contribution in [3.8, 4) is 0 Å². The molecule has 0 saturated heterocycles. The van der Waals surface area contributed by atoms with Crippen molar-refractivity contribution in [2.45, 2.75) is 4.83 Å². The van der Waals surface area contributed by atoms with E-state index in [-0.39, 0.29) is 0 Å². The third-order valence-electron chi connectivity index (χ3n) is 0.655. The van der Waals surface area contributed by atoms with Crippen molar-refractivity contribution in [3.63, 3.8) is 0 Å². The summed E-state index contributed by atoms with van der Waals surface area (Å²) < 4.78 is 0. The molecule has 0 aliphatic heterocycles.